The number of ketones is 2. The van der Waals surface area contributed by atoms with Crippen LogP contribution in [-0.2, 0) is 94.2 Å². The summed E-state index contributed by atoms with van der Waals surface area (Å²) in [6.45, 7) is 13.5. The second kappa shape index (κ2) is 43.6. The van der Waals surface area contributed by atoms with Crippen molar-refractivity contribution in [2.24, 2.45) is 17.8 Å². The van der Waals surface area contributed by atoms with Gasteiger partial charge in [0.1, 0.15) is 89.4 Å². The summed E-state index contributed by atoms with van der Waals surface area (Å²) in [5, 5.41) is 27.3. The molecule has 7 N–H and O–H groups in total. The Bertz CT molecular complexity index is 5070. The van der Waals surface area contributed by atoms with E-state index in [4.69, 9.17) is 9.47 Å². The molecule has 131 heavy (non-hydrogen) atoms. The largest absolute Gasteiger partial charge is 0.505 e. The molecular formula is C96H122N14O19S2. The molecular weight excluding hydrogens is 1720 g/mol. The van der Waals surface area contributed by atoms with Crippen molar-refractivity contribution < 1.29 is 91.3 Å². The van der Waals surface area contributed by atoms with Gasteiger partial charge in [-0.2, -0.15) is 23.5 Å². The molecule has 9 aliphatic rings. The maximum atomic E-state index is 16.2. The number of rotatable bonds is 19. The number of aryl methyl sites for hydroxylation is 2. The molecule has 1 aromatic heterocycles. The highest BCUT2D eigenvalue weighted by Crippen LogP contribution is 2.39. The van der Waals surface area contributed by atoms with Crippen LogP contribution in [0.1, 0.15) is 169 Å². The molecule has 14 rings (SSSR count). The van der Waals surface area contributed by atoms with E-state index in [1.54, 1.807) is 86.3 Å². The molecule has 9 fully saturated rings. The van der Waals surface area contributed by atoms with Gasteiger partial charge in [0.05, 0.1) is 0 Å². The fourth-order valence-electron chi connectivity index (χ4n) is 18.8. The average molecular weight is 1840 g/mol. The van der Waals surface area contributed by atoms with Crippen LogP contribution < -0.4 is 31.9 Å². The van der Waals surface area contributed by atoms with Crippen LogP contribution >= 0.6 is 23.5 Å². The summed E-state index contributed by atoms with van der Waals surface area (Å²) in [6.07, 6.45) is -0.629. The Morgan fingerprint density at radius 2 is 1.03 bits per heavy atom. The third-order valence-electron chi connectivity index (χ3n) is 26.9. The molecule has 35 heteroatoms. The molecule has 4 aromatic carbocycles. The van der Waals surface area contributed by atoms with Crippen molar-refractivity contribution in [3.05, 3.63) is 167 Å². The lowest BCUT2D eigenvalue weighted by Gasteiger charge is -2.45. The predicted octanol–water partition coefficient (Wildman–Crippen LogP) is 5.05. The minimum Gasteiger partial charge on any atom is -0.505 e. The standard InChI is InChI=1S/C95H118N14O19S2.CH4/c1-10-65-87(119)106-40-19-25-66(106)88(120)103(8)70(45-58-32-28-54(3)29-33-58)91(123)109-50-64(53-130-75-51-105-42-36-60(75)37-43-105)74(112)48-69(109)83(115)100-79(61-21-14-12-15-22-61)92(124)127-56(5)77(84(116)97-65)98-76(113)38-44-129-52-63-49-108-68(47-73(63)111)82(114)101-80(62-23-16-13-17-24-62)93(125)128-57(6)78(99-85(117)81-72(110)27-18-39-96-81)86(118)102-95(7,11-2)94(126)107-41-20-26-67(107)89(121)104(9)71(90(108)122)46-59-34-30-55(4)31-35-59;/h12-18,21-24,27-35,39,56-57,60,63-71,75,77-80,110H,10-11,19-20,25-26,36-38,40-53H2,1-9H3,(H,97,116)(H,98,113)(H,99,117)(H,100,115)(H,101,114)(H,102,118);1H4/t56-,57-,63?,64+,65+,66+,67+,68+,69+,70+,71+,75?,77+,78+,79+,80+,95+;/m1./s1. The zero-order valence-electron chi connectivity index (χ0n) is 74.9. The molecule has 12 amide bonds. The third-order valence-corrected chi connectivity index (χ3v) is 29.6. The molecule has 9 aliphatic heterocycles. The Labute approximate surface area is 772 Å². The fraction of sp³-hybridized carbons (Fsp3) is 0.531. The number of hydrogen-bond donors (Lipinski definition) is 7. The molecule has 0 saturated carbocycles. The summed E-state index contributed by atoms with van der Waals surface area (Å²) < 4.78 is 12.3. The Morgan fingerprint density at radius 1 is 0.542 bits per heavy atom. The van der Waals surface area contributed by atoms with Gasteiger partial charge in [-0.1, -0.05) is 142 Å². The van der Waals surface area contributed by atoms with Crippen molar-refractivity contribution >= 4 is 118 Å². The molecule has 0 aliphatic carbocycles. The third kappa shape index (κ3) is 22.8. The molecule has 2 unspecified atom stereocenters. The van der Waals surface area contributed by atoms with Crippen LogP contribution in [0.2, 0.25) is 0 Å². The lowest BCUT2D eigenvalue weighted by molar-refractivity contribution is -0.158. The van der Waals surface area contributed by atoms with Gasteiger partial charge in [0.2, 0.25) is 65.0 Å². The maximum Gasteiger partial charge on any atom is 0.333 e. The van der Waals surface area contributed by atoms with Crippen molar-refractivity contribution in [1.82, 2.24) is 71.2 Å². The van der Waals surface area contributed by atoms with Crippen LogP contribution in [0.5, 0.6) is 5.75 Å². The number of thioether (sulfide) groups is 2. The van der Waals surface area contributed by atoms with Crippen LogP contribution in [0.4, 0.5) is 0 Å². The van der Waals surface area contributed by atoms with Gasteiger partial charge in [-0.15, -0.1) is 0 Å². The Balaban J connectivity index is 0.0000155. The Hall–Kier alpha value is -11.6. The van der Waals surface area contributed by atoms with Gasteiger partial charge in [-0.25, -0.2) is 14.6 Å². The first-order chi connectivity index (χ1) is 62.2. The monoisotopic (exact) mass is 1840 g/mol. The van der Waals surface area contributed by atoms with E-state index >= 15 is 57.5 Å². The number of piperidine rings is 5. The number of cyclic esters (lactones) is 2. The smallest absolute Gasteiger partial charge is 0.333 e. The zero-order chi connectivity index (χ0) is 93.1. The number of carbonyl (C=O) groups excluding carboxylic acids is 16. The molecule has 0 radical (unpaired) electrons. The van der Waals surface area contributed by atoms with E-state index in [9.17, 15) is 24.3 Å². The Kier molecular flexibility index (Phi) is 32.8. The number of nitrogens with zero attached hydrogens (tertiary/aromatic N) is 8. The van der Waals surface area contributed by atoms with E-state index in [0.717, 1.165) is 55.4 Å². The molecule has 702 valence electrons. The number of nitrogens with one attached hydrogen (secondary N) is 6. The molecule has 0 spiro atoms. The molecule has 9 saturated heterocycles. The second-order valence-corrected chi connectivity index (χ2v) is 38.2. The highest BCUT2D eigenvalue weighted by atomic mass is 32.2. The highest BCUT2D eigenvalue weighted by molar-refractivity contribution is 8.00. The van der Waals surface area contributed by atoms with Crippen molar-refractivity contribution in [3.8, 4) is 5.75 Å². The number of ether oxygens (including phenoxy) is 2. The topological polar surface area (TPSA) is 420 Å². The van der Waals surface area contributed by atoms with E-state index in [-0.39, 0.29) is 106 Å². The lowest BCUT2D eigenvalue weighted by Crippen LogP contribution is -2.65. The van der Waals surface area contributed by atoms with Gasteiger partial charge in [0, 0.05) is 119 Å². The van der Waals surface area contributed by atoms with Gasteiger partial charge in [0.25, 0.3) is 5.91 Å². The number of fused-ring (bicyclic) bond motifs is 7. The number of hydrogen-bond acceptors (Lipinski definition) is 23. The molecule has 5 aromatic rings. The van der Waals surface area contributed by atoms with E-state index in [0.29, 0.717) is 35.6 Å². The van der Waals surface area contributed by atoms with Crippen molar-refractivity contribution in [2.75, 3.05) is 77.2 Å². The summed E-state index contributed by atoms with van der Waals surface area (Å²) >= 11 is 2.80. The van der Waals surface area contributed by atoms with E-state index in [2.05, 4.69) is 41.8 Å². The summed E-state index contributed by atoms with van der Waals surface area (Å²) in [6, 6.07) is 16.4. The number of benzene rings is 4. The first-order valence-corrected chi connectivity index (χ1v) is 47.3. The predicted molar refractivity (Wildman–Crippen MR) is 488 cm³/mol. The molecule has 10 heterocycles. The zero-order valence-corrected chi connectivity index (χ0v) is 76.5. The number of aromatic hydroxyl groups is 1. The van der Waals surface area contributed by atoms with Crippen LogP contribution in [0.25, 0.3) is 0 Å². The first-order valence-electron chi connectivity index (χ1n) is 45.1. The van der Waals surface area contributed by atoms with Crippen molar-refractivity contribution in [3.63, 3.8) is 0 Å². The number of pyridine rings is 1. The van der Waals surface area contributed by atoms with Gasteiger partial charge in [-0.3, -0.25) is 67.1 Å². The number of carbonyl (C=O) groups is 16. The van der Waals surface area contributed by atoms with Crippen LogP contribution in [0, 0.1) is 31.6 Å². The van der Waals surface area contributed by atoms with Gasteiger partial charge in [-0.05, 0) is 139 Å². The maximum absolute atomic E-state index is 16.2. The first kappa shape index (κ1) is 98.4. The molecule has 33 nitrogen and oxygen atoms in total. The highest BCUT2D eigenvalue weighted by Gasteiger charge is 2.53. The summed E-state index contributed by atoms with van der Waals surface area (Å²) in [5.74, 6) is -14.5. The van der Waals surface area contributed by atoms with Gasteiger partial charge in [0.15, 0.2) is 17.8 Å². The van der Waals surface area contributed by atoms with Gasteiger partial charge < -0.3 is 80.8 Å². The molecule has 2 bridgehead atoms. The minimum atomic E-state index is -1.83. The number of Topliss-reactive ketones (excluding diaryl/α,β-unsaturated/α-hetero) is 2. The quantitative estimate of drug-likeness (QED) is 0.0420. The van der Waals surface area contributed by atoms with Gasteiger partial charge >= 0.3 is 11.9 Å². The van der Waals surface area contributed by atoms with E-state index in [1.807, 2.05) is 50.2 Å². The van der Waals surface area contributed by atoms with E-state index in [1.165, 1.54) is 94.7 Å². The number of likely N-dealkylation sites (N-methyl/N-ethyl adjacent to an activating group) is 2. The SMILES string of the molecule is C.CC[C@@H]1NC(=O)[C@@H](NC(=O)CCSCC2CN3C(=O)[C@H](Cc4ccc(C)cc4)N(C)C(=O)[C@@H]4CCCN4C(=O)[C@](C)(CC)NC(=O)[C@@H](NC(=O)c4ncccc4O)[C@@H](C)OC(=O)[C@H](c4ccccc4)NC(=O)[C@@H]3CC2=O)[C@@H](C)OC(=O)[C@H](c2ccccc2)NC(=O)[C@@H]2CC(=O)[C@H](CSC3CN4CCC3CC4)CN2C(=O)[C@H](Cc2ccc(C)cc2)N(C)C(=O)[C@@H]2CCCN2C1=O. The summed E-state index contributed by atoms with van der Waals surface area (Å²) in [4.78, 5) is 258. The average Bonchev–Trinajstić information content (AvgIpc) is 1.73. The Morgan fingerprint density at radius 3 is 1.51 bits per heavy atom. The minimum absolute atomic E-state index is 0. The number of aromatic nitrogens is 1. The van der Waals surface area contributed by atoms with Crippen molar-refractivity contribution in [1.29, 1.82) is 0 Å². The van der Waals surface area contributed by atoms with Crippen LogP contribution in [0.3, 0.4) is 0 Å². The fourth-order valence-corrected chi connectivity index (χ4v) is 21.5. The van der Waals surface area contributed by atoms with E-state index < -0.39 is 215 Å². The lowest BCUT2D eigenvalue weighted by atomic mass is 9.88. The summed E-state index contributed by atoms with van der Waals surface area (Å²) in [5.41, 5.74) is 1.14. The normalized spacial score (nSPS) is 29.5. The van der Waals surface area contributed by atoms with Crippen molar-refractivity contribution in [2.45, 2.75) is 229 Å². The molecule has 17 atom stereocenters. The summed E-state index contributed by atoms with van der Waals surface area (Å²) in [7, 11) is 2.90. The van der Waals surface area contributed by atoms with Crippen LogP contribution in [0.15, 0.2) is 128 Å². The number of esters is 2. The second-order valence-electron chi connectivity index (χ2n) is 35.7. The number of amides is 12. The van der Waals surface area contributed by atoms with Crippen LogP contribution in [-0.4, -0.2) is 293 Å².